The molecule has 3 aromatic rings. The number of hydrogen-bond acceptors (Lipinski definition) is 5. The summed E-state index contributed by atoms with van der Waals surface area (Å²) in [6.45, 7) is 0.203. The van der Waals surface area contributed by atoms with Gasteiger partial charge in [0.05, 0.1) is 24.4 Å². The second kappa shape index (κ2) is 10.5. The maximum absolute atomic E-state index is 13.6. The van der Waals surface area contributed by atoms with Crippen molar-refractivity contribution < 1.29 is 27.1 Å². The van der Waals surface area contributed by atoms with Crippen LogP contribution in [0, 0.1) is 5.82 Å². The molecule has 1 amide bonds. The van der Waals surface area contributed by atoms with Crippen LogP contribution in [-0.4, -0.2) is 46.5 Å². The number of nitrogens with one attached hydrogen (secondary N) is 1. The molecule has 0 aliphatic carbocycles. The van der Waals surface area contributed by atoms with Gasteiger partial charge < -0.3 is 14.4 Å². The number of para-hydroxylation sites is 3. The first kappa shape index (κ1) is 24.3. The highest BCUT2D eigenvalue weighted by atomic mass is 35.5. The van der Waals surface area contributed by atoms with Gasteiger partial charge in [0.25, 0.3) is 15.9 Å². The maximum atomic E-state index is 13.6. The fourth-order valence-electron chi connectivity index (χ4n) is 2.95. The number of likely N-dealkylation sites (N-methyl/N-ethyl adjacent to an activating group) is 1. The van der Waals surface area contributed by atoms with Crippen LogP contribution in [0.3, 0.4) is 0 Å². The number of anilines is 1. The molecule has 0 aliphatic heterocycles. The van der Waals surface area contributed by atoms with Crippen molar-refractivity contribution in [2.75, 3.05) is 32.0 Å². The van der Waals surface area contributed by atoms with Crippen molar-refractivity contribution >= 4 is 33.2 Å². The third-order valence-corrected chi connectivity index (χ3v) is 6.53. The first-order valence-electron chi connectivity index (χ1n) is 9.81. The summed E-state index contributed by atoms with van der Waals surface area (Å²) in [6.07, 6.45) is 0. The van der Waals surface area contributed by atoms with E-state index in [1.54, 1.807) is 36.4 Å². The van der Waals surface area contributed by atoms with E-state index in [1.165, 1.54) is 49.4 Å². The average Bonchev–Trinajstić information content (AvgIpc) is 2.80. The number of sulfonamides is 1. The Morgan fingerprint density at radius 1 is 1.06 bits per heavy atom. The zero-order valence-electron chi connectivity index (χ0n) is 17.9. The molecule has 0 spiro atoms. The minimum Gasteiger partial charge on any atom is -0.495 e. The van der Waals surface area contributed by atoms with Gasteiger partial charge in [-0.25, -0.2) is 12.8 Å². The van der Waals surface area contributed by atoms with Gasteiger partial charge in [0, 0.05) is 12.6 Å². The van der Waals surface area contributed by atoms with Gasteiger partial charge in [0.1, 0.15) is 17.3 Å². The van der Waals surface area contributed by atoms with Crippen molar-refractivity contribution in [3.8, 4) is 11.5 Å². The molecule has 1 N–H and O–H groups in total. The summed E-state index contributed by atoms with van der Waals surface area (Å²) in [5.74, 6) is -0.529. The monoisotopic (exact) mass is 492 g/mol. The fourth-order valence-corrected chi connectivity index (χ4v) is 4.54. The van der Waals surface area contributed by atoms with Gasteiger partial charge in [0.15, 0.2) is 11.6 Å². The van der Waals surface area contributed by atoms with Gasteiger partial charge in [-0.2, -0.15) is 0 Å². The average molecular weight is 493 g/mol. The Bertz CT molecular complexity index is 1250. The Labute approximate surface area is 196 Å². The van der Waals surface area contributed by atoms with Crippen LogP contribution in [-0.2, 0) is 10.0 Å². The van der Waals surface area contributed by atoms with Crippen LogP contribution in [0.1, 0.15) is 10.4 Å². The van der Waals surface area contributed by atoms with Gasteiger partial charge >= 0.3 is 0 Å². The van der Waals surface area contributed by atoms with Crippen molar-refractivity contribution in [3.63, 3.8) is 0 Å². The summed E-state index contributed by atoms with van der Waals surface area (Å²) in [5.41, 5.74) is 0.350. The largest absolute Gasteiger partial charge is 0.495 e. The topological polar surface area (TPSA) is 84.9 Å². The fraction of sp³-hybridized carbons (Fsp3) is 0.174. The van der Waals surface area contributed by atoms with Gasteiger partial charge in [-0.05, 0) is 42.5 Å². The summed E-state index contributed by atoms with van der Waals surface area (Å²) in [5, 5.41) is -0.0421. The second-order valence-corrected chi connectivity index (χ2v) is 9.01. The molecule has 3 rings (SSSR count). The zero-order chi connectivity index (χ0) is 24.0. The number of rotatable bonds is 9. The molecule has 0 bridgehead atoms. The summed E-state index contributed by atoms with van der Waals surface area (Å²) in [7, 11) is -1.16. The summed E-state index contributed by atoms with van der Waals surface area (Å²) in [6, 6.07) is 16.4. The minimum atomic E-state index is -4.12. The van der Waals surface area contributed by atoms with E-state index in [4.69, 9.17) is 21.1 Å². The molecule has 0 radical (unpaired) electrons. The van der Waals surface area contributed by atoms with Crippen LogP contribution >= 0.6 is 11.6 Å². The molecule has 0 unspecified atom stereocenters. The van der Waals surface area contributed by atoms with E-state index in [2.05, 4.69) is 4.72 Å². The normalized spacial score (nSPS) is 11.0. The molecule has 0 fully saturated rings. The van der Waals surface area contributed by atoms with Crippen molar-refractivity contribution in [2.24, 2.45) is 0 Å². The Balaban J connectivity index is 1.74. The molecule has 0 heterocycles. The summed E-state index contributed by atoms with van der Waals surface area (Å²) in [4.78, 5) is 13.9. The predicted molar refractivity (Wildman–Crippen MR) is 124 cm³/mol. The van der Waals surface area contributed by atoms with Gasteiger partial charge in [-0.3, -0.25) is 9.52 Å². The van der Waals surface area contributed by atoms with Crippen LogP contribution in [0.5, 0.6) is 11.5 Å². The standard InChI is InChI=1S/C23H22ClFN2O5S/c1-27(13-14-32-20-9-5-3-7-18(20)25)23(28)16-11-12-17(24)22(15-16)33(29,30)26-19-8-4-6-10-21(19)31-2/h3-12,15,26H,13-14H2,1-2H3. The van der Waals surface area contributed by atoms with Crippen LogP contribution < -0.4 is 14.2 Å². The van der Waals surface area contributed by atoms with E-state index in [-0.39, 0.29) is 40.1 Å². The maximum Gasteiger partial charge on any atom is 0.263 e. The van der Waals surface area contributed by atoms with E-state index < -0.39 is 21.7 Å². The van der Waals surface area contributed by atoms with Gasteiger partial charge in [-0.15, -0.1) is 0 Å². The van der Waals surface area contributed by atoms with Crippen LogP contribution in [0.15, 0.2) is 71.6 Å². The van der Waals surface area contributed by atoms with Crippen LogP contribution in [0.4, 0.5) is 10.1 Å². The van der Waals surface area contributed by atoms with Crippen molar-refractivity contribution in [3.05, 3.63) is 83.1 Å². The number of benzene rings is 3. The highest BCUT2D eigenvalue weighted by molar-refractivity contribution is 7.92. The Morgan fingerprint density at radius 2 is 1.73 bits per heavy atom. The van der Waals surface area contributed by atoms with Crippen molar-refractivity contribution in [2.45, 2.75) is 4.90 Å². The molecule has 0 aliphatic rings. The van der Waals surface area contributed by atoms with Gasteiger partial charge in [-0.1, -0.05) is 35.9 Å². The third-order valence-electron chi connectivity index (χ3n) is 4.69. The highest BCUT2D eigenvalue weighted by Gasteiger charge is 2.23. The number of methoxy groups -OCH3 is 1. The lowest BCUT2D eigenvalue weighted by Gasteiger charge is -2.19. The second-order valence-electron chi connectivity index (χ2n) is 6.96. The molecule has 10 heteroatoms. The molecule has 33 heavy (non-hydrogen) atoms. The number of halogens is 2. The Kier molecular flexibility index (Phi) is 7.78. The third kappa shape index (κ3) is 5.94. The van der Waals surface area contributed by atoms with E-state index in [1.807, 2.05) is 0 Å². The number of hydrogen-bond donors (Lipinski definition) is 1. The molecular weight excluding hydrogens is 471 g/mol. The predicted octanol–water partition coefficient (Wildman–Crippen LogP) is 4.44. The lowest BCUT2D eigenvalue weighted by molar-refractivity contribution is 0.0772. The lowest BCUT2D eigenvalue weighted by Crippen LogP contribution is -2.31. The quantitative estimate of drug-likeness (QED) is 0.477. The number of amides is 1. The van der Waals surface area contributed by atoms with Crippen LogP contribution in [0.25, 0.3) is 0 Å². The first-order chi connectivity index (χ1) is 15.7. The molecule has 0 atom stereocenters. The zero-order valence-corrected chi connectivity index (χ0v) is 19.5. The Morgan fingerprint density at radius 3 is 2.42 bits per heavy atom. The summed E-state index contributed by atoms with van der Waals surface area (Å²) < 4.78 is 52.5. The molecule has 3 aromatic carbocycles. The van der Waals surface area contributed by atoms with E-state index in [9.17, 15) is 17.6 Å². The number of ether oxygens (including phenoxy) is 2. The van der Waals surface area contributed by atoms with E-state index in [0.29, 0.717) is 5.75 Å². The Hall–Kier alpha value is -3.30. The van der Waals surface area contributed by atoms with E-state index in [0.717, 1.165) is 0 Å². The molecule has 0 aromatic heterocycles. The minimum absolute atomic E-state index is 0.0421. The smallest absolute Gasteiger partial charge is 0.263 e. The van der Waals surface area contributed by atoms with E-state index >= 15 is 0 Å². The van der Waals surface area contributed by atoms with Gasteiger partial charge in [0.2, 0.25) is 0 Å². The molecular formula is C23H22ClFN2O5S. The lowest BCUT2D eigenvalue weighted by atomic mass is 10.2. The van der Waals surface area contributed by atoms with Crippen LogP contribution in [0.2, 0.25) is 5.02 Å². The van der Waals surface area contributed by atoms with Crippen molar-refractivity contribution in [1.29, 1.82) is 0 Å². The SMILES string of the molecule is COc1ccccc1NS(=O)(=O)c1cc(C(=O)N(C)CCOc2ccccc2F)ccc1Cl. The highest BCUT2D eigenvalue weighted by Crippen LogP contribution is 2.29. The number of carbonyl (C=O) groups is 1. The summed E-state index contributed by atoms with van der Waals surface area (Å²) >= 11 is 6.14. The van der Waals surface area contributed by atoms with Crippen molar-refractivity contribution in [1.82, 2.24) is 4.90 Å². The molecule has 0 saturated heterocycles. The molecule has 0 saturated carbocycles. The molecule has 7 nitrogen and oxygen atoms in total. The first-order valence-corrected chi connectivity index (χ1v) is 11.7. The number of nitrogens with zero attached hydrogens (tertiary/aromatic N) is 1. The number of carbonyl (C=O) groups excluding carboxylic acids is 1. The molecule has 174 valence electrons.